The summed E-state index contributed by atoms with van der Waals surface area (Å²) < 4.78 is 6.38. The molecule has 1 aliphatic carbocycles. The van der Waals surface area contributed by atoms with Gasteiger partial charge in [-0.25, -0.2) is 0 Å². The third-order valence-corrected chi connectivity index (χ3v) is 5.24. The number of nitrogens with two attached hydrogens (primary N) is 1. The van der Waals surface area contributed by atoms with Crippen LogP contribution in [0.3, 0.4) is 0 Å². The zero-order valence-electron chi connectivity index (χ0n) is 12.2. The van der Waals surface area contributed by atoms with Gasteiger partial charge in [0, 0.05) is 4.47 Å². The fraction of sp³-hybridized carbons (Fsp3) is 0.500. The van der Waals surface area contributed by atoms with Crippen LogP contribution < -0.4 is 5.73 Å². The van der Waals surface area contributed by atoms with Crippen LogP contribution in [0.5, 0.6) is 0 Å². The number of hydrogen-bond donors (Lipinski definition) is 1. The van der Waals surface area contributed by atoms with Crippen LogP contribution in [0.4, 0.5) is 0 Å². The highest BCUT2D eigenvalue weighted by Gasteiger charge is 2.37. The van der Waals surface area contributed by atoms with Gasteiger partial charge in [0.1, 0.15) is 0 Å². The van der Waals surface area contributed by atoms with E-state index in [-0.39, 0.29) is 0 Å². The van der Waals surface area contributed by atoms with E-state index in [1.165, 1.54) is 6.42 Å². The van der Waals surface area contributed by atoms with Crippen molar-refractivity contribution in [3.63, 3.8) is 0 Å². The number of rotatable bonds is 3. The molecule has 1 heterocycles. The Morgan fingerprint density at radius 1 is 1.33 bits per heavy atom. The molecule has 0 spiro atoms. The Morgan fingerprint density at radius 3 is 2.71 bits per heavy atom. The van der Waals surface area contributed by atoms with Gasteiger partial charge in [-0.1, -0.05) is 30.6 Å². The zero-order chi connectivity index (χ0) is 14.9. The maximum absolute atomic E-state index is 6.53. The number of hydrogen-bond acceptors (Lipinski definition) is 4. The van der Waals surface area contributed by atoms with Gasteiger partial charge in [0.05, 0.1) is 11.1 Å². The van der Waals surface area contributed by atoms with Crippen LogP contribution in [0.15, 0.2) is 33.3 Å². The Morgan fingerprint density at radius 2 is 2.05 bits per heavy atom. The monoisotopic (exact) mass is 349 g/mol. The zero-order valence-corrected chi connectivity index (χ0v) is 13.8. The summed E-state index contributed by atoms with van der Waals surface area (Å²) in [6.07, 6.45) is 5.38. The quantitative estimate of drug-likeness (QED) is 0.899. The van der Waals surface area contributed by atoms with Crippen molar-refractivity contribution in [3.05, 3.63) is 34.6 Å². The summed E-state index contributed by atoms with van der Waals surface area (Å²) >= 11 is 3.51. The van der Waals surface area contributed by atoms with Crippen molar-refractivity contribution in [2.24, 2.45) is 11.7 Å². The summed E-state index contributed by atoms with van der Waals surface area (Å²) in [5.41, 5.74) is 7.00. The third kappa shape index (κ3) is 2.90. The molecule has 5 heteroatoms. The second kappa shape index (κ2) is 5.89. The highest BCUT2D eigenvalue weighted by atomic mass is 79.9. The summed E-state index contributed by atoms with van der Waals surface area (Å²) in [4.78, 5) is 4.55. The van der Waals surface area contributed by atoms with E-state index in [4.69, 9.17) is 10.3 Å². The number of nitrogens with zero attached hydrogens (tertiary/aromatic N) is 2. The lowest BCUT2D eigenvalue weighted by Crippen LogP contribution is -2.41. The Kier molecular flexibility index (Phi) is 4.13. The Labute approximate surface area is 133 Å². The van der Waals surface area contributed by atoms with E-state index in [0.29, 0.717) is 11.7 Å². The van der Waals surface area contributed by atoms with Crippen LogP contribution in [-0.2, 0) is 5.54 Å². The van der Waals surface area contributed by atoms with Gasteiger partial charge in [-0.3, -0.25) is 0 Å². The van der Waals surface area contributed by atoms with Gasteiger partial charge in [-0.2, -0.15) is 4.98 Å². The SMILES string of the molecule is CCC1CCC(N)(c2noc(-c3ccccc3Br)n2)CC1. The van der Waals surface area contributed by atoms with Crippen molar-refractivity contribution in [1.29, 1.82) is 0 Å². The van der Waals surface area contributed by atoms with Crippen LogP contribution in [0, 0.1) is 5.92 Å². The van der Waals surface area contributed by atoms with Crippen LogP contribution in [0.25, 0.3) is 11.5 Å². The number of benzene rings is 1. The molecule has 1 aliphatic rings. The van der Waals surface area contributed by atoms with E-state index in [9.17, 15) is 0 Å². The van der Waals surface area contributed by atoms with Gasteiger partial charge in [0.25, 0.3) is 5.89 Å². The van der Waals surface area contributed by atoms with Gasteiger partial charge in [-0.15, -0.1) is 0 Å². The van der Waals surface area contributed by atoms with Crippen molar-refractivity contribution in [3.8, 4) is 11.5 Å². The highest BCUT2D eigenvalue weighted by Crippen LogP contribution is 2.38. The molecule has 2 N–H and O–H groups in total. The van der Waals surface area contributed by atoms with Gasteiger partial charge in [0.2, 0.25) is 0 Å². The van der Waals surface area contributed by atoms with Crippen molar-refractivity contribution in [2.75, 3.05) is 0 Å². The molecule has 0 unspecified atom stereocenters. The van der Waals surface area contributed by atoms with Crippen LogP contribution in [-0.4, -0.2) is 10.1 Å². The first-order valence-corrected chi connectivity index (χ1v) is 8.29. The fourth-order valence-corrected chi connectivity index (χ4v) is 3.45. The molecule has 0 radical (unpaired) electrons. The third-order valence-electron chi connectivity index (χ3n) is 4.55. The smallest absolute Gasteiger partial charge is 0.259 e. The average molecular weight is 350 g/mol. The topological polar surface area (TPSA) is 64.9 Å². The van der Waals surface area contributed by atoms with Crippen molar-refractivity contribution < 1.29 is 4.52 Å². The molecule has 0 saturated heterocycles. The molecule has 1 fully saturated rings. The van der Waals surface area contributed by atoms with E-state index in [1.54, 1.807) is 0 Å². The summed E-state index contributed by atoms with van der Waals surface area (Å²) in [5.74, 6) is 1.96. The lowest BCUT2D eigenvalue weighted by Gasteiger charge is -2.34. The minimum Gasteiger partial charge on any atom is -0.334 e. The van der Waals surface area contributed by atoms with Gasteiger partial charge in [-0.05, 0) is 59.7 Å². The van der Waals surface area contributed by atoms with Crippen LogP contribution >= 0.6 is 15.9 Å². The highest BCUT2D eigenvalue weighted by molar-refractivity contribution is 9.10. The number of halogens is 1. The molecule has 1 aromatic heterocycles. The maximum Gasteiger partial charge on any atom is 0.259 e. The molecule has 112 valence electrons. The van der Waals surface area contributed by atoms with Crippen LogP contribution in [0.2, 0.25) is 0 Å². The Hall–Kier alpha value is -1.20. The molecule has 21 heavy (non-hydrogen) atoms. The van der Waals surface area contributed by atoms with Crippen LogP contribution in [0.1, 0.15) is 44.9 Å². The van der Waals surface area contributed by atoms with E-state index >= 15 is 0 Å². The predicted molar refractivity (Wildman–Crippen MR) is 85.5 cm³/mol. The summed E-state index contributed by atoms with van der Waals surface area (Å²) in [6.45, 7) is 2.24. The van der Waals surface area contributed by atoms with Gasteiger partial charge >= 0.3 is 0 Å². The molecule has 1 saturated carbocycles. The minimum atomic E-state index is -0.436. The van der Waals surface area contributed by atoms with E-state index in [2.05, 4.69) is 33.0 Å². The Bertz CT molecular complexity index is 617. The first kappa shape index (κ1) is 14.7. The second-order valence-corrected chi connectivity index (χ2v) is 6.77. The maximum atomic E-state index is 6.53. The van der Waals surface area contributed by atoms with Crippen molar-refractivity contribution >= 4 is 15.9 Å². The van der Waals surface area contributed by atoms with E-state index in [0.717, 1.165) is 41.6 Å². The first-order valence-electron chi connectivity index (χ1n) is 7.50. The molecule has 2 aromatic rings. The minimum absolute atomic E-state index is 0.436. The molecule has 0 atom stereocenters. The standard InChI is InChI=1S/C16H20BrN3O/c1-2-11-7-9-16(18,10-8-11)15-19-14(21-20-15)12-5-3-4-6-13(12)17/h3-6,11H,2,7-10,18H2,1H3. The predicted octanol–water partition coefficient (Wildman–Crippen LogP) is 4.25. The molecule has 1 aromatic carbocycles. The summed E-state index contributed by atoms with van der Waals surface area (Å²) in [6, 6.07) is 7.83. The average Bonchev–Trinajstić information content (AvgIpc) is 2.99. The van der Waals surface area contributed by atoms with Gasteiger partial charge in [0.15, 0.2) is 5.82 Å². The summed E-state index contributed by atoms with van der Waals surface area (Å²) in [5, 5.41) is 4.15. The van der Waals surface area contributed by atoms with E-state index in [1.807, 2.05) is 24.3 Å². The molecule has 0 amide bonds. The molecule has 3 rings (SSSR count). The lowest BCUT2D eigenvalue weighted by atomic mass is 9.76. The first-order chi connectivity index (χ1) is 10.1. The summed E-state index contributed by atoms with van der Waals surface area (Å²) in [7, 11) is 0. The second-order valence-electron chi connectivity index (χ2n) is 5.91. The molecular weight excluding hydrogens is 330 g/mol. The molecule has 4 nitrogen and oxygen atoms in total. The molecule has 0 bridgehead atoms. The van der Waals surface area contributed by atoms with Crippen molar-refractivity contribution in [2.45, 2.75) is 44.6 Å². The fourth-order valence-electron chi connectivity index (χ4n) is 2.99. The van der Waals surface area contributed by atoms with Gasteiger partial charge < -0.3 is 10.3 Å². The number of aromatic nitrogens is 2. The Balaban J connectivity index is 1.84. The normalized spacial score (nSPS) is 26.0. The van der Waals surface area contributed by atoms with Crippen molar-refractivity contribution in [1.82, 2.24) is 10.1 Å². The molecule has 0 aliphatic heterocycles. The lowest BCUT2D eigenvalue weighted by molar-refractivity contribution is 0.216. The molecular formula is C16H20BrN3O. The largest absolute Gasteiger partial charge is 0.334 e. The van der Waals surface area contributed by atoms with E-state index < -0.39 is 5.54 Å².